The summed E-state index contributed by atoms with van der Waals surface area (Å²) in [6, 6.07) is -1.31. The Morgan fingerprint density at radius 1 is 1.43 bits per heavy atom. The molecule has 0 aromatic carbocycles. The molecule has 0 aromatic heterocycles. The summed E-state index contributed by atoms with van der Waals surface area (Å²) in [4.78, 5) is 13.5. The Bertz CT molecular complexity index is 238. The van der Waals surface area contributed by atoms with Crippen molar-refractivity contribution in [1.29, 1.82) is 5.41 Å². The minimum absolute atomic E-state index is 0. The Kier molecular flexibility index (Phi) is 8.10. The van der Waals surface area contributed by atoms with Crippen LogP contribution < -0.4 is 15.3 Å². The number of hydrogen-bond acceptors (Lipinski definition) is 6. The number of rotatable bonds is 5. The van der Waals surface area contributed by atoms with Gasteiger partial charge in [-0.25, -0.2) is 0 Å². The van der Waals surface area contributed by atoms with Crippen molar-refractivity contribution in [3.63, 3.8) is 0 Å². The van der Waals surface area contributed by atoms with E-state index in [1.54, 1.807) is 0 Å². The molecule has 1 N–H and O–H groups in total. The normalized spacial score (nSPS) is 12.8. The van der Waals surface area contributed by atoms with Gasteiger partial charge in [-0.1, -0.05) is 0 Å². The molecule has 0 rings (SSSR count). The summed E-state index contributed by atoms with van der Waals surface area (Å²) in [5, 5.41) is 37.4. The van der Waals surface area contributed by atoms with Crippen molar-refractivity contribution in [2.45, 2.75) is 25.8 Å². The van der Waals surface area contributed by atoms with Gasteiger partial charge in [-0.15, -0.1) is 0 Å². The first-order chi connectivity index (χ1) is 5.93. The fraction of sp³-hybridized carbons (Fsp3) is 0.571. The van der Waals surface area contributed by atoms with Gasteiger partial charge in [0, 0.05) is 0 Å². The number of carboxylic acids is 1. The summed E-state index contributed by atoms with van der Waals surface area (Å²) in [6.45, 7) is 1.11. The van der Waals surface area contributed by atoms with Gasteiger partial charge in [0.25, 0.3) is 0 Å². The van der Waals surface area contributed by atoms with Crippen molar-refractivity contribution in [1.82, 2.24) is 0 Å². The zero-order valence-corrected chi connectivity index (χ0v) is 8.80. The maximum atomic E-state index is 10.4. The van der Waals surface area contributed by atoms with Crippen molar-refractivity contribution in [2.24, 2.45) is 4.99 Å². The second-order valence-electron chi connectivity index (χ2n) is 2.44. The monoisotopic (exact) mass is 212 g/mol. The smallest absolute Gasteiger partial charge is 0.862 e. The average molecular weight is 212 g/mol. The molecule has 7 heteroatoms. The van der Waals surface area contributed by atoms with Crippen molar-refractivity contribution in [3.8, 4) is 0 Å². The van der Waals surface area contributed by atoms with Crippen LogP contribution in [0, 0.1) is 5.41 Å². The van der Waals surface area contributed by atoms with Gasteiger partial charge >= 0.3 is 17.4 Å². The first kappa shape index (κ1) is 15.4. The average Bonchev–Trinajstić information content (AvgIpc) is 1.96. The fourth-order valence-electron chi connectivity index (χ4n) is 0.722. The zero-order valence-electron chi connectivity index (χ0n) is 7.65. The van der Waals surface area contributed by atoms with Crippen LogP contribution in [0.4, 0.5) is 0 Å². The summed E-state index contributed by atoms with van der Waals surface area (Å²) in [7, 11) is 0. The number of carbonyl (C=O) groups is 1. The molecule has 0 radical (unpaired) electrons. The van der Waals surface area contributed by atoms with Crippen LogP contribution in [-0.2, 0) is 4.79 Å². The number of carboxylic acid groups (broad SMARTS) is 1. The van der Waals surface area contributed by atoms with Crippen LogP contribution in [0.25, 0.3) is 0 Å². The van der Waals surface area contributed by atoms with E-state index in [1.165, 1.54) is 0 Å². The largest absolute Gasteiger partial charge is 3.00 e. The molecule has 0 saturated heterocycles. The quantitative estimate of drug-likeness (QED) is 0.290. The number of nitrogens with one attached hydrogen (secondary N) is 1. The summed E-state index contributed by atoms with van der Waals surface area (Å²) in [5.41, 5.74) is 0. The van der Waals surface area contributed by atoms with Gasteiger partial charge in [-0.05, 0) is 31.6 Å². The molecule has 0 aliphatic heterocycles. The first-order valence-electron chi connectivity index (χ1n) is 3.60. The van der Waals surface area contributed by atoms with Gasteiger partial charge in [0.05, 0.1) is 12.0 Å². The standard InChI is InChI=1S/C7H12N2O4.Al/c1-4(10)9-5(7(12)13)2-3-6(8)11;/h5H,2-3H2,1H3,(H2,8,11)(H,9,10)(H,12,13);/q;+3/p-3. The van der Waals surface area contributed by atoms with Crippen LogP contribution in [0.2, 0.25) is 0 Å². The Hall–Kier alpha value is -1.06. The Morgan fingerprint density at radius 3 is 2.21 bits per heavy atom. The summed E-state index contributed by atoms with van der Waals surface area (Å²) in [6.07, 6.45) is -0.403. The summed E-state index contributed by atoms with van der Waals surface area (Å²) < 4.78 is 0. The van der Waals surface area contributed by atoms with Crippen molar-refractivity contribution < 1.29 is 20.1 Å². The van der Waals surface area contributed by atoms with E-state index in [-0.39, 0.29) is 30.2 Å². The van der Waals surface area contributed by atoms with Gasteiger partial charge in [0.2, 0.25) is 0 Å². The van der Waals surface area contributed by atoms with E-state index >= 15 is 0 Å². The Labute approximate surface area is 91.9 Å². The third-order valence-corrected chi connectivity index (χ3v) is 1.25. The molecule has 1 atom stereocenters. The van der Waals surface area contributed by atoms with Crippen LogP contribution in [0.5, 0.6) is 0 Å². The van der Waals surface area contributed by atoms with Gasteiger partial charge < -0.3 is 25.5 Å². The maximum absolute atomic E-state index is 10.4. The number of aliphatic carboxylic acids is 1. The van der Waals surface area contributed by atoms with Crippen LogP contribution in [-0.4, -0.2) is 41.2 Å². The van der Waals surface area contributed by atoms with Crippen molar-refractivity contribution in [2.75, 3.05) is 0 Å². The van der Waals surface area contributed by atoms with Gasteiger partial charge in [0.15, 0.2) is 0 Å². The molecule has 0 bridgehead atoms. The minimum Gasteiger partial charge on any atom is -0.862 e. The molecule has 1 unspecified atom stereocenters. The molecule has 0 aromatic rings. The Balaban J connectivity index is 0. The van der Waals surface area contributed by atoms with Crippen LogP contribution in [0.15, 0.2) is 4.99 Å². The van der Waals surface area contributed by atoms with Crippen LogP contribution in [0.1, 0.15) is 19.8 Å². The number of hydrogen-bond donors (Lipinski definition) is 1. The maximum Gasteiger partial charge on any atom is 3.00 e. The second kappa shape index (κ2) is 7.36. The summed E-state index contributed by atoms with van der Waals surface area (Å²) >= 11 is 0. The third kappa shape index (κ3) is 7.58. The van der Waals surface area contributed by atoms with E-state index in [2.05, 4.69) is 4.99 Å². The van der Waals surface area contributed by atoms with Crippen LogP contribution >= 0.6 is 0 Å². The topological polar surface area (TPSA) is 122 Å². The van der Waals surface area contributed by atoms with E-state index in [0.717, 1.165) is 6.92 Å². The molecule has 0 aliphatic rings. The van der Waals surface area contributed by atoms with E-state index < -0.39 is 23.8 Å². The molecule has 0 amide bonds. The predicted molar refractivity (Wildman–Crippen MR) is 44.6 cm³/mol. The Morgan fingerprint density at radius 2 is 1.93 bits per heavy atom. The van der Waals surface area contributed by atoms with Crippen molar-refractivity contribution >= 4 is 35.1 Å². The molecule has 0 heterocycles. The molecule has 0 aliphatic carbocycles. The number of nitrogens with zero attached hydrogens (tertiary/aromatic N) is 1. The van der Waals surface area contributed by atoms with E-state index in [1.807, 2.05) is 0 Å². The van der Waals surface area contributed by atoms with E-state index in [0.29, 0.717) is 0 Å². The molecule has 74 valence electrons. The molecule has 0 fully saturated rings. The van der Waals surface area contributed by atoms with Crippen molar-refractivity contribution in [3.05, 3.63) is 0 Å². The van der Waals surface area contributed by atoms with E-state index in [9.17, 15) is 20.1 Å². The van der Waals surface area contributed by atoms with E-state index in [4.69, 9.17) is 5.41 Å². The molecule has 0 spiro atoms. The van der Waals surface area contributed by atoms with Crippen LogP contribution in [0.3, 0.4) is 0 Å². The second-order valence-corrected chi connectivity index (χ2v) is 2.44. The molecular weight excluding hydrogens is 203 g/mol. The molecule has 14 heavy (non-hydrogen) atoms. The molecule has 6 nitrogen and oxygen atoms in total. The third-order valence-electron chi connectivity index (χ3n) is 1.25. The van der Waals surface area contributed by atoms with Gasteiger partial charge in [-0.3, -0.25) is 4.99 Å². The SMILES string of the molecule is CC([O-])=NC(CCC(=N)[O-])C(=O)[O-].[Al+3]. The zero-order chi connectivity index (χ0) is 10.4. The van der Waals surface area contributed by atoms with Gasteiger partial charge in [-0.2, -0.15) is 0 Å². The van der Waals surface area contributed by atoms with Gasteiger partial charge in [0.1, 0.15) is 0 Å². The number of aliphatic imine (C=N–C) groups is 1. The fourth-order valence-corrected chi connectivity index (χ4v) is 0.722. The number of carbonyl (C=O) groups excluding carboxylic acids is 1. The minimum atomic E-state index is -1.50. The summed E-state index contributed by atoms with van der Waals surface area (Å²) in [5.74, 6) is -3.02. The predicted octanol–water partition coefficient (Wildman–Crippen LogP) is -3.38. The molecule has 0 saturated carbocycles. The molecular formula is C7H9AlN2O4. The first-order valence-corrected chi connectivity index (χ1v) is 3.60.